The normalized spacial score (nSPS) is 13.4. The van der Waals surface area contributed by atoms with Gasteiger partial charge in [0.15, 0.2) is 5.78 Å². The molecule has 22 heavy (non-hydrogen) atoms. The maximum Gasteiger partial charge on any atom is 0.159 e. The van der Waals surface area contributed by atoms with Crippen molar-refractivity contribution in [2.24, 2.45) is 0 Å². The molecule has 0 saturated carbocycles. The predicted octanol–water partition coefficient (Wildman–Crippen LogP) is 3.72. The van der Waals surface area contributed by atoms with Crippen LogP contribution in [-0.4, -0.2) is 25.5 Å². The summed E-state index contributed by atoms with van der Waals surface area (Å²) in [5, 5.41) is 0. The van der Waals surface area contributed by atoms with Crippen LogP contribution in [0.4, 0.5) is 5.69 Å². The Morgan fingerprint density at radius 1 is 1.18 bits per heavy atom. The maximum absolute atomic E-state index is 11.6. The fourth-order valence-corrected chi connectivity index (χ4v) is 2.84. The van der Waals surface area contributed by atoms with Gasteiger partial charge in [0.1, 0.15) is 12.4 Å². The summed E-state index contributed by atoms with van der Waals surface area (Å²) in [5.41, 5.74) is 3.16. The van der Waals surface area contributed by atoms with Gasteiger partial charge in [-0.1, -0.05) is 30.3 Å². The molecule has 0 atom stereocenters. The Labute approximate surface area is 131 Å². The van der Waals surface area contributed by atoms with E-state index in [0.29, 0.717) is 6.61 Å². The number of hydrogen-bond acceptors (Lipinski definition) is 3. The second-order valence-corrected chi connectivity index (χ2v) is 5.66. The standard InChI is InChI=1S/C19H21NO2/c1-15(21)17-9-10-19-18(14-17)20(12-13-22-19)11-5-8-16-6-3-2-4-7-16/h2-4,6-7,9-10,14H,5,8,11-13H2,1H3. The smallest absolute Gasteiger partial charge is 0.159 e. The summed E-state index contributed by atoms with van der Waals surface area (Å²) < 4.78 is 5.70. The molecule has 2 aromatic carbocycles. The van der Waals surface area contributed by atoms with Crippen LogP contribution in [0.2, 0.25) is 0 Å². The highest BCUT2D eigenvalue weighted by atomic mass is 16.5. The van der Waals surface area contributed by atoms with Crippen LogP contribution in [0.25, 0.3) is 0 Å². The van der Waals surface area contributed by atoms with E-state index in [0.717, 1.165) is 42.9 Å². The summed E-state index contributed by atoms with van der Waals surface area (Å²) in [4.78, 5) is 13.9. The Morgan fingerprint density at radius 3 is 2.77 bits per heavy atom. The lowest BCUT2D eigenvalue weighted by molar-refractivity contribution is 0.101. The molecule has 3 rings (SSSR count). The Kier molecular flexibility index (Phi) is 4.42. The third-order valence-electron chi connectivity index (χ3n) is 4.06. The van der Waals surface area contributed by atoms with Crippen LogP contribution >= 0.6 is 0 Å². The number of aryl methyl sites for hydroxylation is 1. The van der Waals surface area contributed by atoms with E-state index in [2.05, 4.69) is 29.2 Å². The van der Waals surface area contributed by atoms with Crippen molar-refractivity contribution in [3.8, 4) is 5.75 Å². The van der Waals surface area contributed by atoms with Crippen LogP contribution in [0.15, 0.2) is 48.5 Å². The quantitative estimate of drug-likeness (QED) is 0.787. The molecular weight excluding hydrogens is 274 g/mol. The first kappa shape index (κ1) is 14.6. The molecule has 0 fully saturated rings. The van der Waals surface area contributed by atoms with Gasteiger partial charge < -0.3 is 9.64 Å². The van der Waals surface area contributed by atoms with E-state index in [4.69, 9.17) is 4.74 Å². The topological polar surface area (TPSA) is 29.5 Å². The fraction of sp³-hybridized carbons (Fsp3) is 0.316. The highest BCUT2D eigenvalue weighted by Crippen LogP contribution is 2.32. The molecular formula is C19H21NO2. The third-order valence-corrected chi connectivity index (χ3v) is 4.06. The number of carbonyl (C=O) groups excluding carboxylic acids is 1. The van der Waals surface area contributed by atoms with Gasteiger partial charge in [0.25, 0.3) is 0 Å². The van der Waals surface area contributed by atoms with E-state index >= 15 is 0 Å². The summed E-state index contributed by atoms with van der Waals surface area (Å²) in [5.74, 6) is 0.980. The Morgan fingerprint density at radius 2 is 2.00 bits per heavy atom. The van der Waals surface area contributed by atoms with E-state index in [1.165, 1.54) is 5.56 Å². The zero-order valence-electron chi connectivity index (χ0n) is 12.9. The largest absolute Gasteiger partial charge is 0.490 e. The molecule has 3 heteroatoms. The van der Waals surface area contributed by atoms with Gasteiger partial charge in [0.2, 0.25) is 0 Å². The molecule has 0 spiro atoms. The molecule has 0 unspecified atom stereocenters. The number of benzene rings is 2. The molecule has 0 radical (unpaired) electrons. The molecule has 0 amide bonds. The van der Waals surface area contributed by atoms with Gasteiger partial charge in [-0.3, -0.25) is 4.79 Å². The molecule has 1 aliphatic heterocycles. The fourth-order valence-electron chi connectivity index (χ4n) is 2.84. The van der Waals surface area contributed by atoms with Gasteiger partial charge in [-0.15, -0.1) is 0 Å². The predicted molar refractivity (Wildman–Crippen MR) is 88.9 cm³/mol. The van der Waals surface area contributed by atoms with Crippen LogP contribution in [0, 0.1) is 0 Å². The lowest BCUT2D eigenvalue weighted by Gasteiger charge is -2.31. The number of ether oxygens (including phenoxy) is 1. The van der Waals surface area contributed by atoms with Gasteiger partial charge in [0.05, 0.1) is 12.2 Å². The number of fused-ring (bicyclic) bond motifs is 1. The van der Waals surface area contributed by atoms with Gasteiger partial charge in [-0.05, 0) is 43.5 Å². The van der Waals surface area contributed by atoms with Gasteiger partial charge >= 0.3 is 0 Å². The molecule has 2 aromatic rings. The molecule has 0 N–H and O–H groups in total. The Bertz CT molecular complexity index is 652. The van der Waals surface area contributed by atoms with Crippen molar-refractivity contribution in [1.82, 2.24) is 0 Å². The summed E-state index contributed by atoms with van der Waals surface area (Å²) in [7, 11) is 0. The molecule has 1 aliphatic rings. The molecule has 3 nitrogen and oxygen atoms in total. The van der Waals surface area contributed by atoms with Crippen molar-refractivity contribution >= 4 is 11.5 Å². The van der Waals surface area contributed by atoms with E-state index in [1.54, 1.807) is 6.92 Å². The van der Waals surface area contributed by atoms with Crippen LogP contribution in [0.3, 0.4) is 0 Å². The molecule has 0 aliphatic carbocycles. The van der Waals surface area contributed by atoms with Crippen molar-refractivity contribution in [1.29, 1.82) is 0 Å². The maximum atomic E-state index is 11.6. The number of carbonyl (C=O) groups is 1. The molecule has 0 bridgehead atoms. The highest BCUT2D eigenvalue weighted by molar-refractivity contribution is 5.95. The Balaban J connectivity index is 1.68. The van der Waals surface area contributed by atoms with Crippen molar-refractivity contribution in [3.63, 3.8) is 0 Å². The van der Waals surface area contributed by atoms with Gasteiger partial charge in [-0.25, -0.2) is 0 Å². The third kappa shape index (κ3) is 3.30. The molecule has 1 heterocycles. The second kappa shape index (κ2) is 6.65. The minimum atomic E-state index is 0.0950. The van der Waals surface area contributed by atoms with Crippen LogP contribution in [-0.2, 0) is 6.42 Å². The van der Waals surface area contributed by atoms with Crippen molar-refractivity contribution in [3.05, 3.63) is 59.7 Å². The number of rotatable bonds is 5. The van der Waals surface area contributed by atoms with Crippen LogP contribution < -0.4 is 9.64 Å². The monoisotopic (exact) mass is 295 g/mol. The van der Waals surface area contributed by atoms with Crippen molar-refractivity contribution < 1.29 is 9.53 Å². The Hall–Kier alpha value is -2.29. The average molecular weight is 295 g/mol. The number of hydrogen-bond donors (Lipinski definition) is 0. The first-order valence-electron chi connectivity index (χ1n) is 7.81. The second-order valence-electron chi connectivity index (χ2n) is 5.66. The lowest BCUT2D eigenvalue weighted by atomic mass is 10.1. The number of anilines is 1. The zero-order chi connectivity index (χ0) is 15.4. The van der Waals surface area contributed by atoms with Crippen molar-refractivity contribution in [2.75, 3.05) is 24.6 Å². The number of Topliss-reactive ketones (excluding diaryl/α,β-unsaturated/α-hetero) is 1. The SMILES string of the molecule is CC(=O)c1ccc2c(c1)N(CCCc1ccccc1)CCO2. The van der Waals surface area contributed by atoms with E-state index < -0.39 is 0 Å². The van der Waals surface area contributed by atoms with Gasteiger partial charge in [-0.2, -0.15) is 0 Å². The molecule has 114 valence electrons. The van der Waals surface area contributed by atoms with Crippen LogP contribution in [0.1, 0.15) is 29.3 Å². The van der Waals surface area contributed by atoms with E-state index in [9.17, 15) is 4.79 Å². The summed E-state index contributed by atoms with van der Waals surface area (Å²) in [6, 6.07) is 16.3. The van der Waals surface area contributed by atoms with Crippen molar-refractivity contribution in [2.45, 2.75) is 19.8 Å². The highest BCUT2D eigenvalue weighted by Gasteiger charge is 2.18. The minimum Gasteiger partial charge on any atom is -0.490 e. The lowest BCUT2D eigenvalue weighted by Crippen LogP contribution is -2.33. The number of ketones is 1. The first-order chi connectivity index (χ1) is 10.7. The first-order valence-corrected chi connectivity index (χ1v) is 7.81. The van der Waals surface area contributed by atoms with E-state index in [1.807, 2.05) is 24.3 Å². The van der Waals surface area contributed by atoms with E-state index in [-0.39, 0.29) is 5.78 Å². The van der Waals surface area contributed by atoms with Gasteiger partial charge in [0, 0.05) is 12.1 Å². The average Bonchev–Trinajstić information content (AvgIpc) is 2.55. The minimum absolute atomic E-state index is 0.0950. The van der Waals surface area contributed by atoms with Crippen LogP contribution in [0.5, 0.6) is 5.75 Å². The summed E-state index contributed by atoms with van der Waals surface area (Å²) in [6.45, 7) is 4.17. The molecule has 0 saturated heterocycles. The summed E-state index contributed by atoms with van der Waals surface area (Å²) in [6.07, 6.45) is 2.16. The zero-order valence-corrected chi connectivity index (χ0v) is 12.9. The summed E-state index contributed by atoms with van der Waals surface area (Å²) >= 11 is 0. The number of nitrogens with zero attached hydrogens (tertiary/aromatic N) is 1. The molecule has 0 aromatic heterocycles.